The van der Waals surface area contributed by atoms with Crippen LogP contribution in [0.3, 0.4) is 0 Å². The number of hydrogen-bond acceptors (Lipinski definition) is 6. The Balaban J connectivity index is 1.76. The number of nitrogens with two attached hydrogens (primary N) is 1. The summed E-state index contributed by atoms with van der Waals surface area (Å²) < 4.78 is 34.0. The minimum atomic E-state index is -0.729. The molecule has 0 fully saturated rings. The van der Waals surface area contributed by atoms with Crippen molar-refractivity contribution in [2.24, 2.45) is 5.73 Å². The maximum atomic E-state index is 13.8. The van der Waals surface area contributed by atoms with Gasteiger partial charge in [0.25, 0.3) is 5.56 Å². The fraction of sp³-hybridized carbons (Fsp3) is 0.200. The molecular weight excluding hydrogens is 476 g/mol. The smallest absolute Gasteiger partial charge is 0.269 e. The zero-order valence-corrected chi connectivity index (χ0v) is 17.9. The Kier molecular flexibility index (Phi) is 7.08. The fourth-order valence-electron chi connectivity index (χ4n) is 2.67. The molecule has 1 amide bonds. The van der Waals surface area contributed by atoms with E-state index in [1.807, 2.05) is 0 Å². The second-order valence-corrected chi connectivity index (χ2v) is 7.34. The molecule has 0 radical (unpaired) electrons. The Morgan fingerprint density at radius 1 is 1.26 bits per heavy atom. The molecule has 0 saturated carbocycles. The standard InChI is InChI=1S/C20H18BrF2N5O3/c1-11-4-16(31-10-13-2-3-14(22)5-15(13)23)18(21)19(30)28(11)9-12-7-25-20(26-8-12)27-17(29)6-24/h2-5,7-8H,6,9-10,24H2,1H3,(H,25,26,27,29). The number of benzene rings is 1. The van der Waals surface area contributed by atoms with Gasteiger partial charge < -0.3 is 15.0 Å². The zero-order chi connectivity index (χ0) is 22.5. The van der Waals surface area contributed by atoms with Crippen molar-refractivity contribution in [3.05, 3.63) is 79.9 Å². The molecule has 0 bridgehead atoms. The number of pyridine rings is 1. The summed E-state index contributed by atoms with van der Waals surface area (Å²) in [6.07, 6.45) is 2.97. The van der Waals surface area contributed by atoms with E-state index >= 15 is 0 Å². The molecule has 0 atom stereocenters. The van der Waals surface area contributed by atoms with Crippen LogP contribution in [0.5, 0.6) is 5.75 Å². The normalized spacial score (nSPS) is 10.7. The molecule has 3 rings (SSSR count). The Morgan fingerprint density at radius 3 is 2.61 bits per heavy atom. The second-order valence-electron chi connectivity index (χ2n) is 6.55. The van der Waals surface area contributed by atoms with Gasteiger partial charge in [-0.25, -0.2) is 18.7 Å². The summed E-state index contributed by atoms with van der Waals surface area (Å²) in [5.41, 5.74) is 6.24. The van der Waals surface area contributed by atoms with E-state index in [1.165, 1.54) is 23.0 Å². The lowest BCUT2D eigenvalue weighted by atomic mass is 10.2. The topological polar surface area (TPSA) is 112 Å². The number of anilines is 1. The van der Waals surface area contributed by atoms with Gasteiger partial charge in [0.05, 0.1) is 13.1 Å². The van der Waals surface area contributed by atoms with Gasteiger partial charge in [0.2, 0.25) is 11.9 Å². The van der Waals surface area contributed by atoms with Crippen LogP contribution in [0.25, 0.3) is 0 Å². The van der Waals surface area contributed by atoms with E-state index in [4.69, 9.17) is 10.5 Å². The van der Waals surface area contributed by atoms with Crippen LogP contribution in [0.4, 0.5) is 14.7 Å². The summed E-state index contributed by atoms with van der Waals surface area (Å²) in [6, 6.07) is 4.82. The van der Waals surface area contributed by atoms with Gasteiger partial charge in [-0.2, -0.15) is 0 Å². The third-order valence-corrected chi connectivity index (χ3v) is 5.03. The second kappa shape index (κ2) is 9.75. The molecule has 3 N–H and O–H groups in total. The van der Waals surface area contributed by atoms with Crippen molar-refractivity contribution in [3.8, 4) is 5.75 Å². The Labute approximate surface area is 184 Å². The summed E-state index contributed by atoms with van der Waals surface area (Å²) in [5, 5.41) is 2.43. The number of carbonyl (C=O) groups excluding carboxylic acids is 1. The quantitative estimate of drug-likeness (QED) is 0.522. The van der Waals surface area contributed by atoms with Crippen molar-refractivity contribution in [2.75, 3.05) is 11.9 Å². The van der Waals surface area contributed by atoms with E-state index in [9.17, 15) is 18.4 Å². The number of amides is 1. The van der Waals surface area contributed by atoms with E-state index in [1.54, 1.807) is 13.0 Å². The number of nitrogens with one attached hydrogen (secondary N) is 1. The van der Waals surface area contributed by atoms with E-state index in [0.29, 0.717) is 11.3 Å². The SMILES string of the molecule is Cc1cc(OCc2ccc(F)cc2F)c(Br)c(=O)n1Cc1cnc(NC(=O)CN)nc1. The molecule has 8 nitrogen and oxygen atoms in total. The largest absolute Gasteiger partial charge is 0.487 e. The van der Waals surface area contributed by atoms with Crippen LogP contribution in [-0.2, 0) is 17.9 Å². The predicted molar refractivity (Wildman–Crippen MR) is 113 cm³/mol. The monoisotopic (exact) mass is 493 g/mol. The molecular formula is C20H18BrF2N5O3. The van der Waals surface area contributed by atoms with E-state index in [0.717, 1.165) is 12.1 Å². The summed E-state index contributed by atoms with van der Waals surface area (Å²) in [6.45, 7) is 1.55. The summed E-state index contributed by atoms with van der Waals surface area (Å²) in [4.78, 5) is 32.1. The van der Waals surface area contributed by atoms with Crippen LogP contribution in [0.1, 0.15) is 16.8 Å². The van der Waals surface area contributed by atoms with Gasteiger partial charge in [-0.1, -0.05) is 0 Å². The average molecular weight is 494 g/mol. The van der Waals surface area contributed by atoms with Crippen LogP contribution in [0.15, 0.2) is 45.9 Å². The number of hydrogen-bond donors (Lipinski definition) is 2. The minimum absolute atomic E-state index is 0.112. The number of rotatable bonds is 7. The summed E-state index contributed by atoms with van der Waals surface area (Å²) >= 11 is 3.23. The van der Waals surface area contributed by atoms with Gasteiger partial charge in [0.15, 0.2) is 0 Å². The molecule has 1 aromatic carbocycles. The highest BCUT2D eigenvalue weighted by Gasteiger charge is 2.14. The molecule has 162 valence electrons. The van der Waals surface area contributed by atoms with Crippen LogP contribution in [0, 0.1) is 18.6 Å². The fourth-order valence-corrected chi connectivity index (χ4v) is 3.11. The first-order valence-corrected chi connectivity index (χ1v) is 9.85. The molecule has 0 saturated heterocycles. The molecule has 0 unspecified atom stereocenters. The van der Waals surface area contributed by atoms with E-state index in [2.05, 4.69) is 31.2 Å². The summed E-state index contributed by atoms with van der Waals surface area (Å²) in [7, 11) is 0. The van der Waals surface area contributed by atoms with Gasteiger partial charge in [0.1, 0.15) is 28.5 Å². The number of halogens is 3. The highest BCUT2D eigenvalue weighted by Crippen LogP contribution is 2.24. The molecule has 2 aromatic heterocycles. The van der Waals surface area contributed by atoms with Crippen molar-refractivity contribution in [3.63, 3.8) is 0 Å². The molecule has 0 aliphatic heterocycles. The van der Waals surface area contributed by atoms with E-state index in [-0.39, 0.29) is 47.0 Å². The van der Waals surface area contributed by atoms with E-state index < -0.39 is 17.5 Å². The number of nitrogens with zero attached hydrogens (tertiary/aromatic N) is 3. The molecule has 0 aliphatic rings. The molecule has 0 spiro atoms. The lowest BCUT2D eigenvalue weighted by molar-refractivity contribution is -0.114. The molecule has 2 heterocycles. The maximum Gasteiger partial charge on any atom is 0.269 e. The first kappa shape index (κ1) is 22.5. The number of aromatic nitrogens is 3. The molecule has 31 heavy (non-hydrogen) atoms. The van der Waals surface area contributed by atoms with Crippen molar-refractivity contribution < 1.29 is 18.3 Å². The van der Waals surface area contributed by atoms with Crippen LogP contribution in [-0.4, -0.2) is 27.0 Å². The number of carbonyl (C=O) groups is 1. The Morgan fingerprint density at radius 2 is 1.97 bits per heavy atom. The van der Waals surface area contributed by atoms with Gasteiger partial charge in [-0.3, -0.25) is 14.9 Å². The van der Waals surface area contributed by atoms with Gasteiger partial charge in [-0.05, 0) is 35.0 Å². The van der Waals surface area contributed by atoms with Crippen molar-refractivity contribution in [1.82, 2.24) is 14.5 Å². The van der Waals surface area contributed by atoms with Gasteiger partial charge in [0, 0.05) is 41.3 Å². The lowest BCUT2D eigenvalue weighted by Crippen LogP contribution is -2.25. The Hall–Kier alpha value is -3.18. The van der Waals surface area contributed by atoms with Crippen molar-refractivity contribution in [2.45, 2.75) is 20.1 Å². The third kappa shape index (κ3) is 5.50. The average Bonchev–Trinajstić information content (AvgIpc) is 2.75. The zero-order valence-electron chi connectivity index (χ0n) is 16.4. The highest BCUT2D eigenvalue weighted by molar-refractivity contribution is 9.10. The van der Waals surface area contributed by atoms with Gasteiger partial charge in [-0.15, -0.1) is 0 Å². The number of aryl methyl sites for hydroxylation is 1. The lowest BCUT2D eigenvalue weighted by Gasteiger charge is -2.15. The molecule has 11 heteroatoms. The third-order valence-electron chi connectivity index (χ3n) is 4.30. The van der Waals surface area contributed by atoms with Gasteiger partial charge >= 0.3 is 0 Å². The van der Waals surface area contributed by atoms with Crippen molar-refractivity contribution >= 4 is 27.8 Å². The van der Waals surface area contributed by atoms with Crippen LogP contribution >= 0.6 is 15.9 Å². The molecule has 3 aromatic rings. The first-order valence-electron chi connectivity index (χ1n) is 9.06. The summed E-state index contributed by atoms with van der Waals surface area (Å²) in [5.74, 6) is -1.48. The highest BCUT2D eigenvalue weighted by atomic mass is 79.9. The van der Waals surface area contributed by atoms with Crippen molar-refractivity contribution in [1.29, 1.82) is 0 Å². The maximum absolute atomic E-state index is 13.8. The van der Waals surface area contributed by atoms with Crippen LogP contribution < -0.4 is 21.3 Å². The minimum Gasteiger partial charge on any atom is -0.487 e. The Bertz CT molecular complexity index is 1170. The predicted octanol–water partition coefficient (Wildman–Crippen LogP) is 2.51. The molecule has 0 aliphatic carbocycles. The van der Waals surface area contributed by atoms with Crippen LogP contribution in [0.2, 0.25) is 0 Å². The first-order chi connectivity index (χ1) is 14.8. The number of ether oxygens (including phenoxy) is 1.